The van der Waals surface area contributed by atoms with Crippen LogP contribution in [0, 0.1) is 0 Å². The number of nitrogens with one attached hydrogen (secondary N) is 2. The number of ether oxygens (including phenoxy) is 3. The van der Waals surface area contributed by atoms with Gasteiger partial charge in [0.1, 0.15) is 11.5 Å². The van der Waals surface area contributed by atoms with Crippen molar-refractivity contribution in [1.29, 1.82) is 0 Å². The Morgan fingerprint density at radius 1 is 1.13 bits per heavy atom. The summed E-state index contributed by atoms with van der Waals surface area (Å²) in [5.74, 6) is 1.17. The first-order chi connectivity index (χ1) is 11.1. The van der Waals surface area contributed by atoms with Crippen molar-refractivity contribution >= 4 is 34.6 Å². The molecule has 0 aliphatic carbocycles. The molecule has 5 nitrogen and oxygen atoms in total. The molecule has 0 bridgehead atoms. The fraction of sp³-hybridized carbons (Fsp3) is 0.562. The van der Waals surface area contributed by atoms with Crippen LogP contribution >= 0.6 is 23.8 Å². The Morgan fingerprint density at radius 3 is 2.52 bits per heavy atom. The van der Waals surface area contributed by atoms with Gasteiger partial charge in [-0.3, -0.25) is 0 Å². The number of unbranched alkanes of at least 4 members (excludes halogenated alkanes) is 1. The molecule has 2 N–H and O–H groups in total. The van der Waals surface area contributed by atoms with E-state index in [1.807, 2.05) is 0 Å². The van der Waals surface area contributed by atoms with Crippen LogP contribution in [0.2, 0.25) is 5.02 Å². The van der Waals surface area contributed by atoms with Gasteiger partial charge < -0.3 is 24.8 Å². The molecule has 0 amide bonds. The summed E-state index contributed by atoms with van der Waals surface area (Å²) in [4.78, 5) is 0. The maximum absolute atomic E-state index is 6.08. The summed E-state index contributed by atoms with van der Waals surface area (Å²) in [6.45, 7) is 4.50. The van der Waals surface area contributed by atoms with Gasteiger partial charge in [0.2, 0.25) is 0 Å². The van der Waals surface area contributed by atoms with E-state index in [0.29, 0.717) is 27.3 Å². The maximum Gasteiger partial charge on any atom is 0.170 e. The molecule has 1 rings (SSSR count). The third-order valence-electron chi connectivity index (χ3n) is 3.07. The number of thiocarbonyl (C=S) groups is 1. The molecule has 130 valence electrons. The van der Waals surface area contributed by atoms with E-state index in [-0.39, 0.29) is 0 Å². The molecule has 0 unspecified atom stereocenters. The smallest absolute Gasteiger partial charge is 0.170 e. The third-order valence-corrected chi connectivity index (χ3v) is 3.61. The van der Waals surface area contributed by atoms with Crippen molar-refractivity contribution in [2.75, 3.05) is 39.3 Å². The molecule has 0 aromatic heterocycles. The molecule has 0 heterocycles. The highest BCUT2D eigenvalue weighted by Gasteiger charge is 2.10. The largest absolute Gasteiger partial charge is 0.495 e. The van der Waals surface area contributed by atoms with Crippen LogP contribution in [0.4, 0.5) is 5.69 Å². The molecule has 1 aromatic rings. The van der Waals surface area contributed by atoms with Crippen LogP contribution in [0.15, 0.2) is 12.1 Å². The van der Waals surface area contributed by atoms with E-state index < -0.39 is 0 Å². The second-order valence-electron chi connectivity index (χ2n) is 4.89. The quantitative estimate of drug-likeness (QED) is 0.488. The van der Waals surface area contributed by atoms with Gasteiger partial charge in [-0.2, -0.15) is 0 Å². The van der Waals surface area contributed by atoms with Gasteiger partial charge in [0.25, 0.3) is 0 Å². The van der Waals surface area contributed by atoms with Crippen LogP contribution in [0.3, 0.4) is 0 Å². The van der Waals surface area contributed by atoms with E-state index in [1.165, 1.54) is 0 Å². The van der Waals surface area contributed by atoms with Crippen LogP contribution in [-0.4, -0.2) is 39.1 Å². The summed E-state index contributed by atoms with van der Waals surface area (Å²) in [5.41, 5.74) is 0.706. The van der Waals surface area contributed by atoms with Crippen molar-refractivity contribution in [3.8, 4) is 11.5 Å². The number of halogens is 1. The highest BCUT2D eigenvalue weighted by Crippen LogP contribution is 2.35. The Morgan fingerprint density at radius 2 is 1.87 bits per heavy atom. The number of rotatable bonds is 10. The lowest BCUT2D eigenvalue weighted by Gasteiger charge is -2.15. The molecule has 23 heavy (non-hydrogen) atoms. The zero-order valence-electron chi connectivity index (χ0n) is 13.9. The summed E-state index contributed by atoms with van der Waals surface area (Å²) < 4.78 is 15.9. The average molecular weight is 361 g/mol. The minimum Gasteiger partial charge on any atom is -0.495 e. The summed E-state index contributed by atoms with van der Waals surface area (Å²) >= 11 is 11.4. The minimum absolute atomic E-state index is 0.487. The number of hydrogen-bond donors (Lipinski definition) is 2. The van der Waals surface area contributed by atoms with Gasteiger partial charge in [0.05, 0.1) is 24.9 Å². The number of anilines is 1. The summed E-state index contributed by atoms with van der Waals surface area (Å²) in [7, 11) is 3.14. The van der Waals surface area contributed by atoms with Crippen molar-refractivity contribution in [3.05, 3.63) is 17.2 Å². The summed E-state index contributed by atoms with van der Waals surface area (Å²) in [6.07, 6.45) is 3.05. The van der Waals surface area contributed by atoms with Crippen molar-refractivity contribution < 1.29 is 14.2 Å². The van der Waals surface area contributed by atoms with E-state index in [2.05, 4.69) is 17.6 Å². The third kappa shape index (κ3) is 7.24. The van der Waals surface area contributed by atoms with Crippen LogP contribution in [0.5, 0.6) is 11.5 Å². The van der Waals surface area contributed by atoms with Gasteiger partial charge in [-0.15, -0.1) is 0 Å². The highest BCUT2D eigenvalue weighted by molar-refractivity contribution is 7.80. The lowest BCUT2D eigenvalue weighted by molar-refractivity contribution is 0.131. The molecule has 1 aromatic carbocycles. The molecule has 7 heteroatoms. The second kappa shape index (κ2) is 11.3. The number of benzene rings is 1. The first-order valence-electron chi connectivity index (χ1n) is 7.66. The lowest BCUT2D eigenvalue weighted by atomic mass is 10.2. The summed E-state index contributed by atoms with van der Waals surface area (Å²) in [6, 6.07) is 3.45. The van der Waals surface area contributed by atoms with Crippen LogP contribution in [0.25, 0.3) is 0 Å². The Bertz CT molecular complexity index is 500. The van der Waals surface area contributed by atoms with Gasteiger partial charge in [-0.05, 0) is 31.5 Å². The molecule has 0 fully saturated rings. The predicted octanol–water partition coefficient (Wildman–Crippen LogP) is 3.85. The molecular weight excluding hydrogens is 336 g/mol. The SMILES string of the molecule is CCCOCCCCNC(=S)Nc1cc(OC)c(Cl)cc1OC. The molecule has 0 saturated carbocycles. The fourth-order valence-electron chi connectivity index (χ4n) is 1.90. The normalized spacial score (nSPS) is 10.3. The monoisotopic (exact) mass is 360 g/mol. The zero-order chi connectivity index (χ0) is 17.1. The second-order valence-corrected chi connectivity index (χ2v) is 5.70. The molecule has 0 atom stereocenters. The van der Waals surface area contributed by atoms with Gasteiger partial charge in [-0.25, -0.2) is 0 Å². The fourth-order valence-corrected chi connectivity index (χ4v) is 2.34. The lowest BCUT2D eigenvalue weighted by Crippen LogP contribution is -2.29. The van der Waals surface area contributed by atoms with Crippen LogP contribution < -0.4 is 20.1 Å². The molecule has 0 spiro atoms. The van der Waals surface area contributed by atoms with Crippen molar-refractivity contribution in [3.63, 3.8) is 0 Å². The van der Waals surface area contributed by atoms with Crippen molar-refractivity contribution in [2.45, 2.75) is 26.2 Å². The number of hydrogen-bond acceptors (Lipinski definition) is 4. The number of methoxy groups -OCH3 is 2. The average Bonchev–Trinajstić information content (AvgIpc) is 2.55. The first-order valence-corrected chi connectivity index (χ1v) is 8.45. The van der Waals surface area contributed by atoms with Gasteiger partial charge in [0, 0.05) is 31.9 Å². The Balaban J connectivity index is 2.42. The highest BCUT2D eigenvalue weighted by atomic mass is 35.5. The van der Waals surface area contributed by atoms with E-state index in [4.69, 9.17) is 38.0 Å². The van der Waals surface area contributed by atoms with Gasteiger partial charge in [0.15, 0.2) is 5.11 Å². The molecule has 0 aliphatic heterocycles. The van der Waals surface area contributed by atoms with Gasteiger partial charge >= 0.3 is 0 Å². The molecular formula is C16H25ClN2O3S. The zero-order valence-corrected chi connectivity index (χ0v) is 15.5. The molecule has 0 saturated heterocycles. The van der Waals surface area contributed by atoms with E-state index in [9.17, 15) is 0 Å². The topological polar surface area (TPSA) is 51.8 Å². The van der Waals surface area contributed by atoms with Crippen molar-refractivity contribution in [2.24, 2.45) is 0 Å². The maximum atomic E-state index is 6.08. The summed E-state index contributed by atoms with van der Waals surface area (Å²) in [5, 5.41) is 7.28. The van der Waals surface area contributed by atoms with E-state index in [1.54, 1.807) is 26.4 Å². The molecule has 0 radical (unpaired) electrons. The standard InChI is InChI=1S/C16H25ClN2O3S/c1-4-8-22-9-6-5-7-18-16(23)19-13-11-14(20-2)12(17)10-15(13)21-3/h10-11H,4-9H2,1-3H3,(H2,18,19,23). The van der Waals surface area contributed by atoms with Crippen molar-refractivity contribution in [1.82, 2.24) is 5.32 Å². The first kappa shape index (κ1) is 19.8. The van der Waals surface area contributed by atoms with E-state index in [0.717, 1.165) is 39.0 Å². The van der Waals surface area contributed by atoms with Gasteiger partial charge in [-0.1, -0.05) is 18.5 Å². The Hall–Kier alpha value is -1.24. The Labute approximate surface area is 148 Å². The minimum atomic E-state index is 0.487. The van der Waals surface area contributed by atoms with E-state index >= 15 is 0 Å². The Kier molecular flexibility index (Phi) is 9.75. The predicted molar refractivity (Wildman–Crippen MR) is 99.1 cm³/mol. The van der Waals surface area contributed by atoms with Crippen LogP contribution in [-0.2, 0) is 4.74 Å². The van der Waals surface area contributed by atoms with Crippen LogP contribution in [0.1, 0.15) is 26.2 Å². The molecule has 0 aliphatic rings.